The molecule has 90 valence electrons. The van der Waals surface area contributed by atoms with Crippen LogP contribution in [0.25, 0.3) is 10.2 Å². The minimum absolute atomic E-state index is 0.173. The van der Waals surface area contributed by atoms with Crippen LogP contribution in [0, 0.1) is 0 Å². The Hall–Kier alpha value is -1.20. The van der Waals surface area contributed by atoms with E-state index >= 15 is 0 Å². The van der Waals surface area contributed by atoms with Crippen LogP contribution in [0.15, 0.2) is 17.8 Å². The van der Waals surface area contributed by atoms with Gasteiger partial charge in [0.2, 0.25) is 0 Å². The summed E-state index contributed by atoms with van der Waals surface area (Å²) in [5, 5.41) is 12.4. The highest BCUT2D eigenvalue weighted by atomic mass is 32.1. The minimum atomic E-state index is 0.173. The van der Waals surface area contributed by atoms with Gasteiger partial charge in [-0.2, -0.15) is 0 Å². The standard InChI is InChI=1S/C12H15N3OS/c16-6-5-15(9-2-1-3-9)11-10-4-7-17-12(10)14-8-13-11/h4,7-9,16H,1-3,5-6H2. The Labute approximate surface area is 104 Å². The Kier molecular flexibility index (Phi) is 2.94. The van der Waals surface area contributed by atoms with Crippen molar-refractivity contribution in [3.8, 4) is 0 Å². The second kappa shape index (κ2) is 4.58. The molecule has 0 aromatic carbocycles. The molecule has 1 fully saturated rings. The van der Waals surface area contributed by atoms with Crippen molar-refractivity contribution in [2.75, 3.05) is 18.1 Å². The third kappa shape index (κ3) is 1.89. The highest BCUT2D eigenvalue weighted by Gasteiger charge is 2.26. The summed E-state index contributed by atoms with van der Waals surface area (Å²) in [7, 11) is 0. The molecular weight excluding hydrogens is 234 g/mol. The molecule has 0 saturated heterocycles. The van der Waals surface area contributed by atoms with Gasteiger partial charge in [0, 0.05) is 12.6 Å². The van der Waals surface area contributed by atoms with Gasteiger partial charge in [0.15, 0.2) is 0 Å². The van der Waals surface area contributed by atoms with Crippen LogP contribution < -0.4 is 4.90 Å². The number of hydrogen-bond donors (Lipinski definition) is 1. The Bertz CT molecular complexity index is 509. The van der Waals surface area contributed by atoms with E-state index in [0.717, 1.165) is 16.0 Å². The molecule has 2 aromatic heterocycles. The lowest BCUT2D eigenvalue weighted by Gasteiger charge is -2.38. The van der Waals surface area contributed by atoms with Crippen LogP contribution in [0.2, 0.25) is 0 Å². The van der Waals surface area contributed by atoms with E-state index in [-0.39, 0.29) is 6.61 Å². The number of rotatable bonds is 4. The van der Waals surface area contributed by atoms with Crippen molar-refractivity contribution in [1.29, 1.82) is 0 Å². The summed E-state index contributed by atoms with van der Waals surface area (Å²) in [6.45, 7) is 0.832. The highest BCUT2D eigenvalue weighted by Crippen LogP contribution is 2.33. The van der Waals surface area contributed by atoms with Gasteiger partial charge in [0.1, 0.15) is 17.0 Å². The Morgan fingerprint density at radius 2 is 2.29 bits per heavy atom. The van der Waals surface area contributed by atoms with Crippen molar-refractivity contribution in [3.63, 3.8) is 0 Å². The van der Waals surface area contributed by atoms with Gasteiger partial charge in [-0.15, -0.1) is 11.3 Å². The van der Waals surface area contributed by atoms with Crippen molar-refractivity contribution in [2.45, 2.75) is 25.3 Å². The van der Waals surface area contributed by atoms with Crippen LogP contribution in [0.1, 0.15) is 19.3 Å². The van der Waals surface area contributed by atoms with Gasteiger partial charge in [-0.05, 0) is 30.7 Å². The summed E-state index contributed by atoms with van der Waals surface area (Å²) in [5.74, 6) is 0.981. The van der Waals surface area contributed by atoms with Crippen molar-refractivity contribution in [1.82, 2.24) is 9.97 Å². The van der Waals surface area contributed by atoms with Gasteiger partial charge in [-0.3, -0.25) is 0 Å². The zero-order chi connectivity index (χ0) is 11.7. The quantitative estimate of drug-likeness (QED) is 0.901. The maximum atomic E-state index is 9.21. The molecule has 3 rings (SSSR count). The van der Waals surface area contributed by atoms with Gasteiger partial charge in [-0.1, -0.05) is 0 Å². The van der Waals surface area contributed by atoms with Crippen molar-refractivity contribution in [3.05, 3.63) is 17.8 Å². The molecule has 17 heavy (non-hydrogen) atoms. The molecule has 0 atom stereocenters. The Morgan fingerprint density at radius 1 is 1.41 bits per heavy atom. The number of fused-ring (bicyclic) bond motifs is 1. The van der Waals surface area contributed by atoms with E-state index in [1.807, 2.05) is 5.38 Å². The fourth-order valence-corrected chi connectivity index (χ4v) is 3.00. The summed E-state index contributed by atoms with van der Waals surface area (Å²) in [5.41, 5.74) is 0. The summed E-state index contributed by atoms with van der Waals surface area (Å²) in [6, 6.07) is 2.61. The Morgan fingerprint density at radius 3 is 3.00 bits per heavy atom. The average molecular weight is 249 g/mol. The molecular formula is C12H15N3OS. The molecule has 0 radical (unpaired) electrons. The molecule has 0 amide bonds. The average Bonchev–Trinajstić information content (AvgIpc) is 2.73. The van der Waals surface area contributed by atoms with Crippen LogP contribution in [0.4, 0.5) is 5.82 Å². The van der Waals surface area contributed by atoms with Gasteiger partial charge in [-0.25, -0.2) is 9.97 Å². The Balaban J connectivity index is 2.01. The normalized spacial score (nSPS) is 16.1. The molecule has 1 aliphatic rings. The number of aromatic nitrogens is 2. The van der Waals surface area contributed by atoms with E-state index in [1.165, 1.54) is 19.3 Å². The molecule has 0 bridgehead atoms. The molecule has 1 saturated carbocycles. The highest BCUT2D eigenvalue weighted by molar-refractivity contribution is 7.16. The molecule has 2 aromatic rings. The largest absolute Gasteiger partial charge is 0.395 e. The summed E-state index contributed by atoms with van der Waals surface area (Å²) in [6.07, 6.45) is 5.31. The van der Waals surface area contributed by atoms with Crippen LogP contribution in [-0.2, 0) is 0 Å². The smallest absolute Gasteiger partial charge is 0.141 e. The van der Waals surface area contributed by atoms with Gasteiger partial charge in [0.05, 0.1) is 12.0 Å². The second-order valence-electron chi connectivity index (χ2n) is 4.34. The van der Waals surface area contributed by atoms with E-state index in [2.05, 4.69) is 20.9 Å². The molecule has 0 aliphatic heterocycles. The number of aliphatic hydroxyl groups is 1. The molecule has 1 N–H and O–H groups in total. The van der Waals surface area contributed by atoms with Crippen LogP contribution in [-0.4, -0.2) is 34.3 Å². The van der Waals surface area contributed by atoms with Gasteiger partial charge >= 0.3 is 0 Å². The van der Waals surface area contributed by atoms with Crippen LogP contribution in [0.3, 0.4) is 0 Å². The number of anilines is 1. The first kappa shape index (κ1) is 10.9. The molecule has 0 unspecified atom stereocenters. The maximum absolute atomic E-state index is 9.21. The molecule has 2 heterocycles. The van der Waals surface area contributed by atoms with Crippen molar-refractivity contribution >= 4 is 27.4 Å². The first-order valence-corrected chi connectivity index (χ1v) is 6.84. The first-order valence-electron chi connectivity index (χ1n) is 5.96. The third-order valence-corrected chi connectivity index (χ3v) is 4.19. The zero-order valence-corrected chi connectivity index (χ0v) is 10.4. The van der Waals surface area contributed by atoms with E-state index in [0.29, 0.717) is 12.6 Å². The third-order valence-electron chi connectivity index (χ3n) is 3.37. The topological polar surface area (TPSA) is 49.2 Å². The maximum Gasteiger partial charge on any atom is 0.141 e. The number of aliphatic hydroxyl groups excluding tert-OH is 1. The van der Waals surface area contributed by atoms with E-state index in [9.17, 15) is 5.11 Å². The van der Waals surface area contributed by atoms with E-state index in [1.54, 1.807) is 17.7 Å². The summed E-state index contributed by atoms with van der Waals surface area (Å²) < 4.78 is 0. The van der Waals surface area contributed by atoms with Gasteiger partial charge < -0.3 is 10.0 Å². The van der Waals surface area contributed by atoms with Crippen molar-refractivity contribution < 1.29 is 5.11 Å². The van der Waals surface area contributed by atoms with Crippen molar-refractivity contribution in [2.24, 2.45) is 0 Å². The van der Waals surface area contributed by atoms with Crippen LogP contribution in [0.5, 0.6) is 0 Å². The number of hydrogen-bond acceptors (Lipinski definition) is 5. The lowest BCUT2D eigenvalue weighted by atomic mass is 9.91. The predicted octanol–water partition coefficient (Wildman–Crippen LogP) is 2.04. The SMILES string of the molecule is OCCN(c1ncnc2sccc12)C1CCC1. The zero-order valence-electron chi connectivity index (χ0n) is 9.54. The fourth-order valence-electron chi connectivity index (χ4n) is 2.27. The first-order chi connectivity index (χ1) is 8.40. The lowest BCUT2D eigenvalue weighted by molar-refractivity contribution is 0.283. The lowest BCUT2D eigenvalue weighted by Crippen LogP contribution is -2.42. The number of nitrogens with zero attached hydrogens (tertiary/aromatic N) is 3. The number of thiophene rings is 1. The van der Waals surface area contributed by atoms with E-state index in [4.69, 9.17) is 0 Å². The van der Waals surface area contributed by atoms with Gasteiger partial charge in [0.25, 0.3) is 0 Å². The summed E-state index contributed by atoms with van der Waals surface area (Å²) >= 11 is 1.63. The minimum Gasteiger partial charge on any atom is -0.395 e. The van der Waals surface area contributed by atoms with Crippen LogP contribution >= 0.6 is 11.3 Å². The monoisotopic (exact) mass is 249 g/mol. The molecule has 0 spiro atoms. The molecule has 4 nitrogen and oxygen atoms in total. The van der Waals surface area contributed by atoms with E-state index < -0.39 is 0 Å². The second-order valence-corrected chi connectivity index (χ2v) is 5.23. The molecule has 1 aliphatic carbocycles. The fraction of sp³-hybridized carbons (Fsp3) is 0.500. The summed E-state index contributed by atoms with van der Waals surface area (Å²) in [4.78, 5) is 11.9. The predicted molar refractivity (Wildman–Crippen MR) is 69.5 cm³/mol. The molecule has 5 heteroatoms.